The number of allylic oxidation sites excluding steroid dienone is 5. The summed E-state index contributed by atoms with van der Waals surface area (Å²) in [5.74, 6) is 0.439. The van der Waals surface area contributed by atoms with Gasteiger partial charge in [-0.25, -0.2) is 0 Å². The maximum Gasteiger partial charge on any atom is 0.0817 e. The quantitative estimate of drug-likeness (QED) is 0.170. The molecular formula is C46H30N2S. The van der Waals surface area contributed by atoms with E-state index in [9.17, 15) is 0 Å². The highest BCUT2D eigenvalue weighted by Crippen LogP contribution is 2.46. The van der Waals surface area contributed by atoms with Gasteiger partial charge in [-0.3, -0.25) is 0 Å². The van der Waals surface area contributed by atoms with Crippen molar-refractivity contribution in [1.82, 2.24) is 4.57 Å². The predicted octanol–water partition coefficient (Wildman–Crippen LogP) is 12.5. The van der Waals surface area contributed by atoms with E-state index < -0.39 is 0 Å². The Morgan fingerprint density at radius 1 is 0.592 bits per heavy atom. The van der Waals surface area contributed by atoms with Gasteiger partial charge in [-0.15, -0.1) is 11.3 Å². The van der Waals surface area contributed by atoms with Crippen LogP contribution in [0.5, 0.6) is 0 Å². The van der Waals surface area contributed by atoms with Gasteiger partial charge in [0.15, 0.2) is 0 Å². The molecule has 0 amide bonds. The van der Waals surface area contributed by atoms with Crippen LogP contribution in [0.4, 0.5) is 11.4 Å². The first-order valence-electron chi connectivity index (χ1n) is 16.8. The second kappa shape index (κ2) is 11.3. The van der Waals surface area contributed by atoms with Crippen molar-refractivity contribution >= 4 is 64.7 Å². The van der Waals surface area contributed by atoms with E-state index in [1.807, 2.05) is 11.3 Å². The van der Waals surface area contributed by atoms with Crippen molar-refractivity contribution < 1.29 is 0 Å². The number of rotatable bonds is 5. The van der Waals surface area contributed by atoms with Gasteiger partial charge in [0.05, 0.1) is 27.1 Å². The van der Waals surface area contributed by atoms with Gasteiger partial charge in [-0.05, 0) is 77.5 Å². The number of aromatic nitrogens is 1. The molecule has 0 aliphatic heterocycles. The first-order valence-corrected chi connectivity index (χ1v) is 17.6. The summed E-state index contributed by atoms with van der Waals surface area (Å²) >= 11 is 1.86. The lowest BCUT2D eigenvalue weighted by Gasteiger charge is -2.34. The first kappa shape index (κ1) is 28.0. The Kier molecular flexibility index (Phi) is 6.44. The van der Waals surface area contributed by atoms with Gasteiger partial charge in [-0.2, -0.15) is 0 Å². The number of benzene rings is 6. The molecule has 230 valence electrons. The standard InChI is InChI=1S/C46H30N2S/c1-2-14-34(15-3-1)47-42-20-8-6-17-37(42)40-30-33(26-29-43(40)47)31-24-27-35(28-25-31)48(41-21-10-13-32-12-4-5-16-36(32)41)44-22-11-19-39-38-18-7-9-23-45(38)49-46(39)44/h1-9,11-20,22-30,32,36H. The molecule has 2 nitrogen and oxygen atoms in total. The monoisotopic (exact) mass is 642 g/mol. The molecule has 2 atom stereocenters. The molecule has 2 aliphatic rings. The summed E-state index contributed by atoms with van der Waals surface area (Å²) < 4.78 is 4.95. The zero-order valence-corrected chi connectivity index (χ0v) is 27.4. The number of thiophene rings is 1. The molecular weight excluding hydrogens is 613 g/mol. The molecule has 0 saturated heterocycles. The van der Waals surface area contributed by atoms with Crippen molar-refractivity contribution in [2.45, 2.75) is 0 Å². The highest BCUT2D eigenvalue weighted by atomic mass is 32.1. The van der Waals surface area contributed by atoms with Crippen molar-refractivity contribution in [2.75, 3.05) is 4.90 Å². The molecule has 0 radical (unpaired) electrons. The van der Waals surface area contributed by atoms with Crippen molar-refractivity contribution in [3.8, 4) is 16.8 Å². The lowest BCUT2D eigenvalue weighted by Crippen LogP contribution is -2.26. The molecule has 10 rings (SSSR count). The summed E-state index contributed by atoms with van der Waals surface area (Å²) in [6.45, 7) is 0. The third-order valence-corrected chi connectivity index (χ3v) is 11.2. The molecule has 0 saturated carbocycles. The van der Waals surface area contributed by atoms with Crippen molar-refractivity contribution in [3.63, 3.8) is 0 Å². The van der Waals surface area contributed by atoms with E-state index in [0.29, 0.717) is 0 Å². The third-order valence-electron chi connectivity index (χ3n) is 9.98. The predicted molar refractivity (Wildman–Crippen MR) is 208 cm³/mol. The molecule has 2 heterocycles. The second-order valence-corrected chi connectivity index (χ2v) is 13.8. The van der Waals surface area contributed by atoms with E-state index in [1.165, 1.54) is 64.5 Å². The number of anilines is 2. The Morgan fingerprint density at radius 3 is 2.22 bits per heavy atom. The maximum atomic E-state index is 3.57. The van der Waals surface area contributed by atoms with Crippen LogP contribution in [-0.2, 0) is 0 Å². The summed E-state index contributed by atoms with van der Waals surface area (Å²) in [5.41, 5.74) is 16.3. The van der Waals surface area contributed by atoms with Crippen LogP contribution in [0.15, 0.2) is 187 Å². The average molecular weight is 643 g/mol. The van der Waals surface area contributed by atoms with E-state index in [4.69, 9.17) is 0 Å². The van der Waals surface area contributed by atoms with Crippen LogP contribution in [-0.4, -0.2) is 4.57 Å². The minimum atomic E-state index is 0.180. The molecule has 49 heavy (non-hydrogen) atoms. The molecule has 3 heteroatoms. The van der Waals surface area contributed by atoms with Gasteiger partial charge < -0.3 is 9.47 Å². The zero-order valence-electron chi connectivity index (χ0n) is 26.6. The lowest BCUT2D eigenvalue weighted by atomic mass is 9.83. The Hall–Kier alpha value is -6.08. The molecule has 2 aromatic heterocycles. The van der Waals surface area contributed by atoms with Crippen LogP contribution in [0.1, 0.15) is 0 Å². The Labute approximate surface area is 288 Å². The van der Waals surface area contributed by atoms with Crippen LogP contribution in [0, 0.1) is 11.8 Å². The van der Waals surface area contributed by atoms with Crippen LogP contribution < -0.4 is 4.90 Å². The lowest BCUT2D eigenvalue weighted by molar-refractivity contribution is 0.617. The first-order chi connectivity index (χ1) is 24.3. The molecule has 8 aromatic rings. The zero-order chi connectivity index (χ0) is 32.3. The largest absolute Gasteiger partial charge is 0.309 e. The highest BCUT2D eigenvalue weighted by Gasteiger charge is 2.30. The van der Waals surface area contributed by atoms with E-state index in [2.05, 4.69) is 191 Å². The topological polar surface area (TPSA) is 8.17 Å². The van der Waals surface area contributed by atoms with E-state index in [1.54, 1.807) is 0 Å². The smallest absolute Gasteiger partial charge is 0.0817 e. The Bertz CT molecular complexity index is 2740. The normalized spacial score (nSPS) is 16.5. The van der Waals surface area contributed by atoms with Gasteiger partial charge >= 0.3 is 0 Å². The van der Waals surface area contributed by atoms with Gasteiger partial charge in [0.25, 0.3) is 0 Å². The van der Waals surface area contributed by atoms with E-state index in [0.717, 1.165) is 11.4 Å². The van der Waals surface area contributed by atoms with Crippen molar-refractivity contribution in [2.24, 2.45) is 11.8 Å². The Morgan fingerprint density at radius 2 is 1.33 bits per heavy atom. The minimum Gasteiger partial charge on any atom is -0.309 e. The number of fused-ring (bicyclic) bond motifs is 7. The highest BCUT2D eigenvalue weighted by molar-refractivity contribution is 7.26. The van der Waals surface area contributed by atoms with Crippen molar-refractivity contribution in [1.29, 1.82) is 0 Å². The molecule has 2 aliphatic carbocycles. The van der Waals surface area contributed by atoms with Gasteiger partial charge in [0, 0.05) is 49.5 Å². The molecule has 0 spiro atoms. The number of hydrogen-bond donors (Lipinski definition) is 0. The van der Waals surface area contributed by atoms with Gasteiger partial charge in [-0.1, -0.05) is 115 Å². The minimum absolute atomic E-state index is 0.180. The number of hydrogen-bond acceptors (Lipinski definition) is 2. The average Bonchev–Trinajstić information content (AvgIpc) is 3.72. The molecule has 2 unspecified atom stereocenters. The maximum absolute atomic E-state index is 3.57. The summed E-state index contributed by atoms with van der Waals surface area (Å²) in [7, 11) is 0. The summed E-state index contributed by atoms with van der Waals surface area (Å²) in [6, 6.07) is 50.7. The molecule has 6 aromatic carbocycles. The fourth-order valence-electron chi connectivity index (χ4n) is 7.68. The summed E-state index contributed by atoms with van der Waals surface area (Å²) in [4.78, 5) is 2.42. The Balaban J connectivity index is 1.12. The van der Waals surface area contributed by atoms with Gasteiger partial charge in [0.1, 0.15) is 0 Å². The summed E-state index contributed by atoms with van der Waals surface area (Å²) in [6.07, 6.45) is 11.0. The second-order valence-electron chi connectivity index (χ2n) is 12.7. The fraction of sp³-hybridized carbons (Fsp3) is 0.0435. The van der Waals surface area contributed by atoms with Crippen LogP contribution in [0.25, 0.3) is 58.8 Å². The van der Waals surface area contributed by atoms with E-state index >= 15 is 0 Å². The summed E-state index contributed by atoms with van der Waals surface area (Å²) in [5, 5.41) is 5.10. The van der Waals surface area contributed by atoms with Crippen LogP contribution >= 0.6 is 11.3 Å². The number of nitrogens with zero attached hydrogens (tertiary/aromatic N) is 2. The van der Waals surface area contributed by atoms with Crippen molar-refractivity contribution in [3.05, 3.63) is 187 Å². The number of para-hydroxylation sites is 2. The SMILES string of the molecule is C1=C=C(N(c2ccc(-c3ccc4c(c3)c3ccccc3n4-c3ccccc3)cc2)c2cccc3c2sc2ccccc23)C2C=CC=CC2C=1. The van der Waals surface area contributed by atoms with Crippen LogP contribution in [0.2, 0.25) is 0 Å². The molecule has 0 fully saturated rings. The third kappa shape index (κ3) is 4.49. The van der Waals surface area contributed by atoms with Gasteiger partial charge in [0.2, 0.25) is 0 Å². The molecule has 0 N–H and O–H groups in total. The fourth-order valence-corrected chi connectivity index (χ4v) is 8.89. The molecule has 0 bridgehead atoms. The van der Waals surface area contributed by atoms with E-state index in [-0.39, 0.29) is 11.8 Å². The van der Waals surface area contributed by atoms with Crippen LogP contribution in [0.3, 0.4) is 0 Å².